The van der Waals surface area contributed by atoms with Crippen LogP contribution in [0.5, 0.6) is 0 Å². The Kier molecular flexibility index (Phi) is 5.77. The van der Waals surface area contributed by atoms with E-state index in [9.17, 15) is 14.4 Å². The van der Waals surface area contributed by atoms with Crippen molar-refractivity contribution in [3.05, 3.63) is 75.4 Å². The number of nitrogens with zero attached hydrogens (tertiary/aromatic N) is 3. The molecular formula is C25H16ClF4N5OS. The first-order chi connectivity index (χ1) is 17.5. The minimum Gasteiger partial charge on any atom is -0.389 e. The van der Waals surface area contributed by atoms with Gasteiger partial charge in [0.1, 0.15) is 28.5 Å². The van der Waals surface area contributed by atoms with Gasteiger partial charge in [-0.05, 0) is 30.7 Å². The highest BCUT2D eigenvalue weighted by molar-refractivity contribution is 7.23. The molecule has 2 aromatic heterocycles. The average molecular weight is 546 g/mol. The standard InChI is InChI=1S/C25H16ClF4N5OS/c1-10(11-3-2-6-34-22(11)32)35-9-25(29,30)19-13(24(35)36)7-16(28)18(20(19)26)12-4-5-15(27)21-17(12)14(8-31)23(33)37-21/h2-7,10H,9,33H2,1H3,(H2,32,34)/t10-/m0/s1. The summed E-state index contributed by atoms with van der Waals surface area (Å²) >= 11 is 7.18. The first kappa shape index (κ1) is 24.8. The second kappa shape index (κ2) is 8.61. The van der Waals surface area contributed by atoms with E-state index in [2.05, 4.69) is 4.98 Å². The number of hydrogen-bond donors (Lipinski definition) is 2. The Morgan fingerprint density at radius 1 is 1.22 bits per heavy atom. The van der Waals surface area contributed by atoms with Crippen LogP contribution in [0, 0.1) is 23.0 Å². The second-order valence-corrected chi connectivity index (χ2v) is 9.94. The van der Waals surface area contributed by atoms with Crippen LogP contribution in [0.2, 0.25) is 5.02 Å². The Bertz CT molecular complexity index is 1670. The largest absolute Gasteiger partial charge is 0.389 e. The van der Waals surface area contributed by atoms with Gasteiger partial charge in [-0.3, -0.25) is 4.79 Å². The van der Waals surface area contributed by atoms with Crippen LogP contribution >= 0.6 is 22.9 Å². The van der Waals surface area contributed by atoms with Gasteiger partial charge in [-0.2, -0.15) is 14.0 Å². The summed E-state index contributed by atoms with van der Waals surface area (Å²) in [6, 6.07) is 6.91. The number of nitrogens with two attached hydrogens (primary N) is 2. The van der Waals surface area contributed by atoms with E-state index >= 15 is 13.2 Å². The third-order valence-electron chi connectivity index (χ3n) is 6.43. The van der Waals surface area contributed by atoms with Crippen molar-refractivity contribution >= 4 is 49.7 Å². The number of carbonyl (C=O) groups excluding carboxylic acids is 1. The highest BCUT2D eigenvalue weighted by Crippen LogP contribution is 2.50. The van der Waals surface area contributed by atoms with Crippen molar-refractivity contribution < 1.29 is 22.4 Å². The van der Waals surface area contributed by atoms with E-state index in [4.69, 9.17) is 23.1 Å². The van der Waals surface area contributed by atoms with E-state index in [1.165, 1.54) is 13.1 Å². The molecule has 6 nitrogen and oxygen atoms in total. The fraction of sp³-hybridized carbons (Fsp3) is 0.160. The van der Waals surface area contributed by atoms with E-state index in [0.29, 0.717) is 11.6 Å². The summed E-state index contributed by atoms with van der Waals surface area (Å²) in [5, 5.41) is 8.79. The van der Waals surface area contributed by atoms with Gasteiger partial charge in [0, 0.05) is 22.7 Å². The molecule has 0 fully saturated rings. The Balaban J connectivity index is 1.72. The first-order valence-electron chi connectivity index (χ1n) is 10.8. The number of carbonyl (C=O) groups is 1. The van der Waals surface area contributed by atoms with Crippen molar-refractivity contribution in [1.82, 2.24) is 9.88 Å². The van der Waals surface area contributed by atoms with Crippen LogP contribution in [0.15, 0.2) is 36.5 Å². The quantitative estimate of drug-likeness (QED) is 0.296. The number of benzene rings is 2. The van der Waals surface area contributed by atoms with E-state index in [0.717, 1.165) is 28.4 Å². The average Bonchev–Trinajstić information content (AvgIpc) is 3.19. The van der Waals surface area contributed by atoms with E-state index in [-0.39, 0.29) is 32.0 Å². The summed E-state index contributed by atoms with van der Waals surface area (Å²) in [5.74, 6) is -6.29. The number of aromatic nitrogens is 1. The number of halogens is 5. The molecule has 2 aromatic carbocycles. The SMILES string of the molecule is C[C@@H](c1cccnc1N)N1CC(F)(F)c2c(cc(F)c(-c3ccc(F)c4sc(N)c(C#N)c34)c2Cl)C1=O. The Labute approximate surface area is 216 Å². The van der Waals surface area contributed by atoms with Crippen molar-refractivity contribution in [2.75, 3.05) is 18.0 Å². The summed E-state index contributed by atoms with van der Waals surface area (Å²) in [7, 11) is 0. The molecular weight excluding hydrogens is 530 g/mol. The van der Waals surface area contributed by atoms with E-state index in [1.807, 2.05) is 6.07 Å². The number of nitrogen functional groups attached to an aromatic ring is 2. The minimum absolute atomic E-state index is 0.0156. The molecule has 1 aliphatic heterocycles. The molecule has 1 atom stereocenters. The molecule has 0 bridgehead atoms. The molecule has 4 N–H and O–H groups in total. The van der Waals surface area contributed by atoms with Gasteiger partial charge >= 0.3 is 0 Å². The van der Waals surface area contributed by atoms with Crippen LogP contribution in [0.1, 0.15) is 40.0 Å². The predicted octanol–water partition coefficient (Wildman–Crippen LogP) is 6.24. The van der Waals surface area contributed by atoms with Gasteiger partial charge in [-0.15, -0.1) is 11.3 Å². The number of pyridine rings is 1. The van der Waals surface area contributed by atoms with Crippen molar-refractivity contribution in [2.45, 2.75) is 18.9 Å². The molecule has 0 unspecified atom stereocenters. The van der Waals surface area contributed by atoms with Crippen molar-refractivity contribution in [3.8, 4) is 17.2 Å². The third-order valence-corrected chi connectivity index (χ3v) is 7.84. The lowest BCUT2D eigenvalue weighted by Crippen LogP contribution is -2.47. The number of nitriles is 1. The van der Waals surface area contributed by atoms with Gasteiger partial charge in [-0.25, -0.2) is 13.8 Å². The molecule has 5 rings (SSSR count). The van der Waals surface area contributed by atoms with Crippen LogP contribution < -0.4 is 11.5 Å². The number of amides is 1. The van der Waals surface area contributed by atoms with E-state index in [1.54, 1.807) is 12.1 Å². The Morgan fingerprint density at radius 3 is 2.62 bits per heavy atom. The molecule has 0 radical (unpaired) electrons. The molecule has 0 spiro atoms. The molecule has 37 heavy (non-hydrogen) atoms. The summed E-state index contributed by atoms with van der Waals surface area (Å²) in [6.07, 6.45) is 1.43. The lowest BCUT2D eigenvalue weighted by molar-refractivity contribution is -0.0484. The maximum absolute atomic E-state index is 15.6. The molecule has 4 aromatic rings. The molecule has 0 saturated carbocycles. The lowest BCUT2D eigenvalue weighted by atomic mass is 9.88. The molecule has 12 heteroatoms. The highest BCUT2D eigenvalue weighted by atomic mass is 35.5. The van der Waals surface area contributed by atoms with Gasteiger partial charge in [0.05, 0.1) is 39.0 Å². The van der Waals surface area contributed by atoms with Crippen LogP contribution in [-0.2, 0) is 5.92 Å². The number of fused-ring (bicyclic) bond motifs is 2. The molecule has 0 saturated heterocycles. The van der Waals surface area contributed by atoms with Gasteiger partial charge < -0.3 is 16.4 Å². The molecule has 1 aliphatic rings. The monoisotopic (exact) mass is 545 g/mol. The summed E-state index contributed by atoms with van der Waals surface area (Å²) in [5.41, 5.74) is 9.92. The second-order valence-electron chi connectivity index (χ2n) is 8.51. The number of thiophene rings is 1. The fourth-order valence-corrected chi connectivity index (χ4v) is 6.07. The third kappa shape index (κ3) is 3.67. The first-order valence-corrected chi connectivity index (χ1v) is 12.0. The Hall–Kier alpha value is -3.88. The summed E-state index contributed by atoms with van der Waals surface area (Å²) in [6.45, 7) is 0.463. The van der Waals surface area contributed by atoms with Gasteiger partial charge in [-0.1, -0.05) is 23.7 Å². The Morgan fingerprint density at radius 2 is 1.95 bits per heavy atom. The molecule has 0 aliphatic carbocycles. The smallest absolute Gasteiger partial charge is 0.292 e. The van der Waals surface area contributed by atoms with Crippen molar-refractivity contribution in [1.29, 1.82) is 5.26 Å². The molecule has 188 valence electrons. The molecule has 1 amide bonds. The number of anilines is 2. The van der Waals surface area contributed by atoms with Crippen molar-refractivity contribution in [3.63, 3.8) is 0 Å². The molecule has 3 heterocycles. The number of rotatable bonds is 3. The van der Waals surface area contributed by atoms with Crippen molar-refractivity contribution in [2.24, 2.45) is 0 Å². The summed E-state index contributed by atoms with van der Waals surface area (Å²) in [4.78, 5) is 18.2. The number of alkyl halides is 2. The van der Waals surface area contributed by atoms with Gasteiger partial charge in [0.15, 0.2) is 0 Å². The van der Waals surface area contributed by atoms with Crippen LogP contribution in [0.3, 0.4) is 0 Å². The minimum atomic E-state index is -3.68. The predicted molar refractivity (Wildman–Crippen MR) is 133 cm³/mol. The topological polar surface area (TPSA) is 109 Å². The van der Waals surface area contributed by atoms with Crippen LogP contribution in [0.25, 0.3) is 21.2 Å². The lowest BCUT2D eigenvalue weighted by Gasteiger charge is -2.38. The number of hydrogen-bond acceptors (Lipinski definition) is 6. The highest BCUT2D eigenvalue weighted by Gasteiger charge is 2.48. The van der Waals surface area contributed by atoms with Crippen LogP contribution in [0.4, 0.5) is 28.4 Å². The fourth-order valence-electron chi connectivity index (χ4n) is 4.68. The maximum Gasteiger partial charge on any atom is 0.292 e. The van der Waals surface area contributed by atoms with Gasteiger partial charge in [0.25, 0.3) is 11.8 Å². The maximum atomic E-state index is 15.6. The zero-order chi connectivity index (χ0) is 26.8. The normalized spacial score (nSPS) is 15.5. The summed E-state index contributed by atoms with van der Waals surface area (Å²) < 4.78 is 61.3. The van der Waals surface area contributed by atoms with Gasteiger partial charge in [0.2, 0.25) is 0 Å². The van der Waals surface area contributed by atoms with E-state index < -0.39 is 57.8 Å². The van der Waals surface area contributed by atoms with Crippen LogP contribution in [-0.4, -0.2) is 22.3 Å². The zero-order valence-electron chi connectivity index (χ0n) is 19.0. The zero-order valence-corrected chi connectivity index (χ0v) is 20.5.